The van der Waals surface area contributed by atoms with Crippen molar-refractivity contribution in [3.8, 4) is 0 Å². The number of likely N-dealkylation sites (N-methyl/N-ethyl adjacent to an activating group) is 1. The van der Waals surface area contributed by atoms with Crippen LogP contribution in [0.15, 0.2) is 30.3 Å². The second kappa shape index (κ2) is 5.64. The van der Waals surface area contributed by atoms with Gasteiger partial charge in [-0.1, -0.05) is 37.3 Å². The van der Waals surface area contributed by atoms with Gasteiger partial charge in [-0.3, -0.25) is 0 Å². The zero-order chi connectivity index (χ0) is 13.2. The van der Waals surface area contributed by atoms with Crippen molar-refractivity contribution < 1.29 is 4.74 Å². The lowest BCUT2D eigenvalue weighted by molar-refractivity contribution is 0.0268. The van der Waals surface area contributed by atoms with Gasteiger partial charge in [0.15, 0.2) is 0 Å². The van der Waals surface area contributed by atoms with E-state index in [0.717, 1.165) is 18.4 Å². The van der Waals surface area contributed by atoms with Gasteiger partial charge in [0.2, 0.25) is 0 Å². The van der Waals surface area contributed by atoms with E-state index in [9.17, 15) is 0 Å². The van der Waals surface area contributed by atoms with E-state index < -0.39 is 0 Å². The molecule has 2 fully saturated rings. The van der Waals surface area contributed by atoms with Crippen LogP contribution in [0.25, 0.3) is 0 Å². The number of nitrogens with one attached hydrogen (secondary N) is 1. The van der Waals surface area contributed by atoms with Crippen LogP contribution < -0.4 is 5.32 Å². The van der Waals surface area contributed by atoms with Gasteiger partial charge in [0, 0.05) is 6.04 Å². The Labute approximate surface area is 116 Å². The Morgan fingerprint density at radius 3 is 2.68 bits per heavy atom. The predicted octanol–water partition coefficient (Wildman–Crippen LogP) is 3.34. The Kier molecular flexibility index (Phi) is 3.90. The molecule has 5 unspecified atom stereocenters. The Bertz CT molecular complexity index is 405. The highest BCUT2D eigenvalue weighted by atomic mass is 16.5. The molecule has 1 saturated heterocycles. The molecule has 1 aromatic carbocycles. The first-order valence-corrected chi connectivity index (χ1v) is 7.73. The molecular weight excluding hydrogens is 234 g/mol. The molecule has 0 aromatic heterocycles. The molecule has 5 atom stereocenters. The lowest BCUT2D eigenvalue weighted by Crippen LogP contribution is -2.42. The Morgan fingerprint density at radius 2 is 2.05 bits per heavy atom. The van der Waals surface area contributed by atoms with Crippen LogP contribution >= 0.6 is 0 Å². The van der Waals surface area contributed by atoms with Gasteiger partial charge >= 0.3 is 0 Å². The summed E-state index contributed by atoms with van der Waals surface area (Å²) in [6, 6.07) is 11.5. The number of benzene rings is 1. The van der Waals surface area contributed by atoms with E-state index in [2.05, 4.69) is 49.5 Å². The summed E-state index contributed by atoms with van der Waals surface area (Å²) in [6.07, 6.45) is 4.62. The average molecular weight is 259 g/mol. The van der Waals surface area contributed by atoms with Crippen LogP contribution in [0.1, 0.15) is 44.6 Å². The van der Waals surface area contributed by atoms with Crippen LogP contribution in [0.4, 0.5) is 0 Å². The van der Waals surface area contributed by atoms with E-state index in [1.54, 1.807) is 0 Å². The zero-order valence-corrected chi connectivity index (χ0v) is 12.0. The fraction of sp³-hybridized carbons (Fsp3) is 0.647. The van der Waals surface area contributed by atoms with Crippen molar-refractivity contribution in [2.75, 3.05) is 6.54 Å². The first-order valence-electron chi connectivity index (χ1n) is 7.73. The standard InChI is InChI=1S/C17H25NO/c1-3-18-17(16-10-9-12(2)19-16)15-11-14(15)13-7-5-4-6-8-13/h4-8,12,14-18H,3,9-11H2,1-2H3. The minimum atomic E-state index is 0.425. The highest BCUT2D eigenvalue weighted by Gasteiger charge is 2.47. The van der Waals surface area contributed by atoms with Gasteiger partial charge in [0.1, 0.15) is 0 Å². The third kappa shape index (κ3) is 2.85. The Balaban J connectivity index is 1.66. The van der Waals surface area contributed by atoms with Gasteiger partial charge in [0.25, 0.3) is 0 Å². The third-order valence-corrected chi connectivity index (χ3v) is 4.63. The van der Waals surface area contributed by atoms with Crippen LogP contribution in [0.2, 0.25) is 0 Å². The fourth-order valence-electron chi connectivity index (χ4n) is 3.59. The van der Waals surface area contributed by atoms with Crippen LogP contribution in [-0.4, -0.2) is 24.8 Å². The smallest absolute Gasteiger partial charge is 0.0735 e. The maximum absolute atomic E-state index is 6.10. The van der Waals surface area contributed by atoms with Crippen LogP contribution in [-0.2, 0) is 4.74 Å². The Hall–Kier alpha value is -0.860. The summed E-state index contributed by atoms with van der Waals surface area (Å²) in [5.74, 6) is 1.50. The number of hydrogen-bond donors (Lipinski definition) is 1. The second-order valence-corrected chi connectivity index (χ2v) is 6.06. The molecule has 3 rings (SSSR count). The monoisotopic (exact) mass is 259 g/mol. The molecular formula is C17H25NO. The van der Waals surface area contributed by atoms with Crippen molar-refractivity contribution in [3.63, 3.8) is 0 Å². The van der Waals surface area contributed by atoms with Crippen LogP contribution in [0.3, 0.4) is 0 Å². The maximum atomic E-state index is 6.10. The molecule has 1 aliphatic heterocycles. The van der Waals surface area contributed by atoms with Gasteiger partial charge in [-0.2, -0.15) is 0 Å². The van der Waals surface area contributed by atoms with Gasteiger partial charge in [0.05, 0.1) is 12.2 Å². The zero-order valence-electron chi connectivity index (χ0n) is 12.0. The summed E-state index contributed by atoms with van der Waals surface area (Å²) in [5, 5.41) is 3.68. The quantitative estimate of drug-likeness (QED) is 0.875. The minimum Gasteiger partial charge on any atom is -0.374 e. The number of rotatable bonds is 5. The lowest BCUT2D eigenvalue weighted by atomic mass is 9.99. The number of ether oxygens (including phenoxy) is 1. The van der Waals surface area contributed by atoms with E-state index in [4.69, 9.17) is 4.74 Å². The summed E-state index contributed by atoms with van der Waals surface area (Å²) in [7, 11) is 0. The Morgan fingerprint density at radius 1 is 1.26 bits per heavy atom. The highest BCUT2D eigenvalue weighted by Crippen LogP contribution is 2.51. The van der Waals surface area contributed by atoms with E-state index in [-0.39, 0.29) is 0 Å². The average Bonchev–Trinajstić information content (AvgIpc) is 3.12. The van der Waals surface area contributed by atoms with E-state index in [1.165, 1.54) is 24.8 Å². The van der Waals surface area contributed by atoms with Crippen LogP contribution in [0, 0.1) is 5.92 Å². The summed E-state index contributed by atoms with van der Waals surface area (Å²) in [4.78, 5) is 0. The molecule has 0 amide bonds. The van der Waals surface area contributed by atoms with E-state index in [1.807, 2.05) is 0 Å². The summed E-state index contributed by atoms with van der Waals surface area (Å²) < 4.78 is 6.10. The molecule has 2 heteroatoms. The maximum Gasteiger partial charge on any atom is 0.0735 e. The number of hydrogen-bond acceptors (Lipinski definition) is 2. The molecule has 0 bridgehead atoms. The van der Waals surface area contributed by atoms with Crippen molar-refractivity contribution in [1.82, 2.24) is 5.32 Å². The van der Waals surface area contributed by atoms with Crippen molar-refractivity contribution in [2.45, 2.75) is 57.3 Å². The molecule has 2 nitrogen and oxygen atoms in total. The molecule has 1 N–H and O–H groups in total. The first-order chi connectivity index (χ1) is 9.29. The summed E-state index contributed by atoms with van der Waals surface area (Å²) in [5.41, 5.74) is 1.50. The first kappa shape index (κ1) is 13.1. The molecule has 1 saturated carbocycles. The molecule has 19 heavy (non-hydrogen) atoms. The van der Waals surface area contributed by atoms with Crippen molar-refractivity contribution in [2.24, 2.45) is 5.92 Å². The van der Waals surface area contributed by atoms with Crippen molar-refractivity contribution >= 4 is 0 Å². The molecule has 1 aromatic rings. The summed E-state index contributed by atoms with van der Waals surface area (Å²) >= 11 is 0. The third-order valence-electron chi connectivity index (χ3n) is 4.63. The van der Waals surface area contributed by atoms with Crippen LogP contribution in [0.5, 0.6) is 0 Å². The van der Waals surface area contributed by atoms with Gasteiger partial charge in [-0.25, -0.2) is 0 Å². The molecule has 104 valence electrons. The largest absolute Gasteiger partial charge is 0.374 e. The lowest BCUT2D eigenvalue weighted by Gasteiger charge is -2.25. The highest BCUT2D eigenvalue weighted by molar-refractivity contribution is 5.27. The molecule has 0 radical (unpaired) electrons. The van der Waals surface area contributed by atoms with Gasteiger partial charge in [-0.05, 0) is 50.1 Å². The predicted molar refractivity (Wildman–Crippen MR) is 78.3 cm³/mol. The van der Waals surface area contributed by atoms with Crippen molar-refractivity contribution in [1.29, 1.82) is 0 Å². The fourth-order valence-corrected chi connectivity index (χ4v) is 3.59. The van der Waals surface area contributed by atoms with Gasteiger partial charge in [-0.15, -0.1) is 0 Å². The minimum absolute atomic E-state index is 0.425. The topological polar surface area (TPSA) is 21.3 Å². The van der Waals surface area contributed by atoms with Gasteiger partial charge < -0.3 is 10.1 Å². The second-order valence-electron chi connectivity index (χ2n) is 6.06. The van der Waals surface area contributed by atoms with E-state index >= 15 is 0 Å². The molecule has 2 aliphatic rings. The molecule has 0 spiro atoms. The van der Waals surface area contributed by atoms with E-state index in [0.29, 0.717) is 18.2 Å². The SMILES string of the molecule is CCNC(C1CCC(C)O1)C1CC1c1ccccc1. The summed E-state index contributed by atoms with van der Waals surface area (Å²) in [6.45, 7) is 5.44. The molecule has 1 heterocycles. The molecule has 1 aliphatic carbocycles. The normalized spacial score (nSPS) is 35.3. The van der Waals surface area contributed by atoms with Crippen molar-refractivity contribution in [3.05, 3.63) is 35.9 Å².